The Morgan fingerprint density at radius 1 is 1.57 bits per heavy atom. The number of rotatable bonds is 3. The van der Waals surface area contributed by atoms with Crippen LogP contribution in [0.3, 0.4) is 0 Å². The molecule has 1 heterocycles. The SMILES string of the molecule is O=C(O)COc1[c]cc2c(c1)OCO2. The van der Waals surface area contributed by atoms with E-state index in [1.807, 2.05) is 0 Å². The maximum atomic E-state index is 10.2. The third kappa shape index (κ3) is 1.71. The van der Waals surface area contributed by atoms with Gasteiger partial charge in [0.1, 0.15) is 5.75 Å². The molecule has 0 amide bonds. The molecule has 0 saturated heterocycles. The lowest BCUT2D eigenvalue weighted by Gasteiger charge is -2.02. The van der Waals surface area contributed by atoms with Gasteiger partial charge in [0.25, 0.3) is 0 Å². The number of carboxylic acids is 1. The highest BCUT2D eigenvalue weighted by Crippen LogP contribution is 2.34. The predicted molar refractivity (Wildman–Crippen MR) is 44.5 cm³/mol. The van der Waals surface area contributed by atoms with E-state index in [-0.39, 0.29) is 6.79 Å². The lowest BCUT2D eigenvalue weighted by atomic mass is 10.3. The summed E-state index contributed by atoms with van der Waals surface area (Å²) in [7, 11) is 0. The summed E-state index contributed by atoms with van der Waals surface area (Å²) < 4.78 is 15.0. The van der Waals surface area contributed by atoms with Gasteiger partial charge in [-0.25, -0.2) is 4.79 Å². The molecule has 73 valence electrons. The minimum Gasteiger partial charge on any atom is -0.481 e. The zero-order valence-corrected chi connectivity index (χ0v) is 7.15. The molecule has 1 aliphatic rings. The topological polar surface area (TPSA) is 65.0 Å². The Labute approximate surface area is 79.8 Å². The fourth-order valence-corrected chi connectivity index (χ4v) is 1.04. The molecule has 1 radical (unpaired) electrons. The van der Waals surface area contributed by atoms with Gasteiger partial charge in [-0.1, -0.05) is 0 Å². The predicted octanol–water partition coefficient (Wildman–Crippen LogP) is 0.679. The maximum absolute atomic E-state index is 10.2. The number of hydrogen-bond donors (Lipinski definition) is 1. The molecule has 2 rings (SSSR count). The van der Waals surface area contributed by atoms with Gasteiger partial charge in [-0.05, 0) is 6.07 Å². The molecule has 1 aromatic rings. The first-order valence-corrected chi connectivity index (χ1v) is 3.91. The highest BCUT2D eigenvalue weighted by molar-refractivity contribution is 5.68. The second-order valence-corrected chi connectivity index (χ2v) is 2.61. The summed E-state index contributed by atoms with van der Waals surface area (Å²) >= 11 is 0. The van der Waals surface area contributed by atoms with Crippen LogP contribution < -0.4 is 14.2 Å². The van der Waals surface area contributed by atoms with E-state index in [0.717, 1.165) is 0 Å². The van der Waals surface area contributed by atoms with E-state index in [1.165, 1.54) is 0 Å². The zero-order chi connectivity index (χ0) is 9.97. The molecule has 5 heteroatoms. The Bertz CT molecular complexity index is 360. The molecule has 14 heavy (non-hydrogen) atoms. The first-order valence-electron chi connectivity index (χ1n) is 3.91. The average Bonchev–Trinajstić information content (AvgIpc) is 2.61. The highest BCUT2D eigenvalue weighted by atomic mass is 16.7. The van der Waals surface area contributed by atoms with Crippen molar-refractivity contribution in [3.63, 3.8) is 0 Å². The molecule has 0 spiro atoms. The van der Waals surface area contributed by atoms with Gasteiger partial charge in [0, 0.05) is 12.1 Å². The smallest absolute Gasteiger partial charge is 0.341 e. The van der Waals surface area contributed by atoms with Crippen molar-refractivity contribution in [2.24, 2.45) is 0 Å². The van der Waals surface area contributed by atoms with E-state index in [9.17, 15) is 4.79 Å². The van der Waals surface area contributed by atoms with Crippen LogP contribution in [0.1, 0.15) is 0 Å². The van der Waals surface area contributed by atoms with Gasteiger partial charge in [-0.2, -0.15) is 0 Å². The molecular formula is C9H7O5. The van der Waals surface area contributed by atoms with E-state index >= 15 is 0 Å². The summed E-state index contributed by atoms with van der Waals surface area (Å²) in [6.45, 7) is -0.221. The van der Waals surface area contributed by atoms with Gasteiger partial charge in [-0.3, -0.25) is 0 Å². The van der Waals surface area contributed by atoms with Crippen LogP contribution in [0.2, 0.25) is 0 Å². The first-order chi connectivity index (χ1) is 6.75. The van der Waals surface area contributed by atoms with E-state index in [1.54, 1.807) is 12.1 Å². The van der Waals surface area contributed by atoms with Gasteiger partial charge >= 0.3 is 5.97 Å². The minimum absolute atomic E-state index is 0.172. The number of benzene rings is 1. The van der Waals surface area contributed by atoms with Crippen LogP contribution in [-0.2, 0) is 4.79 Å². The number of carboxylic acid groups (broad SMARTS) is 1. The Kier molecular flexibility index (Phi) is 2.14. The highest BCUT2D eigenvalue weighted by Gasteiger charge is 2.14. The van der Waals surface area contributed by atoms with Crippen molar-refractivity contribution in [2.45, 2.75) is 0 Å². The molecule has 5 nitrogen and oxygen atoms in total. The van der Waals surface area contributed by atoms with E-state index in [4.69, 9.17) is 19.3 Å². The molecule has 0 unspecified atom stereocenters. The van der Waals surface area contributed by atoms with Crippen LogP contribution in [0.15, 0.2) is 12.1 Å². The molecule has 0 atom stereocenters. The number of ether oxygens (including phenoxy) is 3. The summed E-state index contributed by atoms with van der Waals surface area (Å²) in [5, 5.41) is 8.37. The second-order valence-electron chi connectivity index (χ2n) is 2.61. The van der Waals surface area contributed by atoms with Crippen LogP contribution in [0.5, 0.6) is 17.2 Å². The van der Waals surface area contributed by atoms with E-state index in [0.29, 0.717) is 17.2 Å². The van der Waals surface area contributed by atoms with E-state index in [2.05, 4.69) is 6.07 Å². The zero-order valence-electron chi connectivity index (χ0n) is 7.15. The van der Waals surface area contributed by atoms with E-state index < -0.39 is 12.6 Å². The fourth-order valence-electron chi connectivity index (χ4n) is 1.04. The fraction of sp³-hybridized carbons (Fsp3) is 0.222. The van der Waals surface area contributed by atoms with Gasteiger partial charge in [0.2, 0.25) is 6.79 Å². The second kappa shape index (κ2) is 3.45. The van der Waals surface area contributed by atoms with Gasteiger partial charge in [0.15, 0.2) is 18.1 Å². The Morgan fingerprint density at radius 2 is 2.36 bits per heavy atom. The van der Waals surface area contributed by atoms with Crippen LogP contribution in [0.4, 0.5) is 0 Å². The first kappa shape index (κ1) is 8.68. The molecule has 0 aliphatic carbocycles. The van der Waals surface area contributed by atoms with Crippen LogP contribution in [0.25, 0.3) is 0 Å². The lowest BCUT2D eigenvalue weighted by molar-refractivity contribution is -0.139. The van der Waals surface area contributed by atoms with Crippen molar-refractivity contribution in [1.29, 1.82) is 0 Å². The summed E-state index contributed by atoms with van der Waals surface area (Å²) in [5.74, 6) is 0.435. The number of aliphatic carboxylic acids is 1. The lowest BCUT2D eigenvalue weighted by Crippen LogP contribution is -2.09. The summed E-state index contributed by atoms with van der Waals surface area (Å²) in [6, 6.07) is 5.84. The third-order valence-electron chi connectivity index (χ3n) is 1.63. The van der Waals surface area contributed by atoms with Crippen molar-refractivity contribution >= 4 is 5.97 Å². The van der Waals surface area contributed by atoms with Crippen molar-refractivity contribution in [2.75, 3.05) is 13.4 Å². The summed E-state index contributed by atoms with van der Waals surface area (Å²) in [6.07, 6.45) is 0. The van der Waals surface area contributed by atoms with Gasteiger partial charge in [-0.15, -0.1) is 0 Å². The van der Waals surface area contributed by atoms with Crippen molar-refractivity contribution in [3.8, 4) is 17.2 Å². The van der Waals surface area contributed by atoms with Gasteiger partial charge < -0.3 is 19.3 Å². The maximum Gasteiger partial charge on any atom is 0.341 e. The number of carbonyl (C=O) groups is 1. The molecular weight excluding hydrogens is 188 g/mol. The number of fused-ring (bicyclic) bond motifs is 1. The third-order valence-corrected chi connectivity index (χ3v) is 1.63. The quantitative estimate of drug-likeness (QED) is 0.768. The minimum atomic E-state index is -1.03. The van der Waals surface area contributed by atoms with Crippen LogP contribution >= 0.6 is 0 Å². The molecule has 0 aromatic heterocycles. The monoisotopic (exact) mass is 195 g/mol. The van der Waals surface area contributed by atoms with Crippen molar-refractivity contribution < 1.29 is 24.1 Å². The average molecular weight is 195 g/mol. The molecule has 0 saturated carbocycles. The summed E-state index contributed by atoms with van der Waals surface area (Å²) in [4.78, 5) is 10.2. The standard InChI is InChI=1S/C9H7O5/c10-9(11)4-12-6-1-2-7-8(3-6)14-5-13-7/h2-3H,4-5H2,(H,10,11). The molecule has 1 N–H and O–H groups in total. The molecule has 1 aliphatic heterocycles. The van der Waals surface area contributed by atoms with Crippen molar-refractivity contribution in [3.05, 3.63) is 18.2 Å². The normalized spacial score (nSPS) is 12.6. The largest absolute Gasteiger partial charge is 0.481 e. The Balaban J connectivity index is 2.09. The molecule has 0 fully saturated rings. The Hall–Kier alpha value is -1.91. The summed E-state index contributed by atoms with van der Waals surface area (Å²) in [5.41, 5.74) is 0. The number of hydrogen-bond acceptors (Lipinski definition) is 4. The van der Waals surface area contributed by atoms with Crippen LogP contribution in [-0.4, -0.2) is 24.5 Å². The van der Waals surface area contributed by atoms with Gasteiger partial charge in [0.05, 0.1) is 0 Å². The molecule has 1 aromatic carbocycles. The van der Waals surface area contributed by atoms with Crippen LogP contribution in [0, 0.1) is 6.07 Å². The molecule has 0 bridgehead atoms. The van der Waals surface area contributed by atoms with Crippen molar-refractivity contribution in [1.82, 2.24) is 0 Å². The Morgan fingerprint density at radius 3 is 3.14 bits per heavy atom.